The summed E-state index contributed by atoms with van der Waals surface area (Å²) >= 11 is 1.91. The molecule has 1 aliphatic carbocycles. The maximum atomic E-state index is 6.30. The topological polar surface area (TPSA) is 16.4 Å². The van der Waals surface area contributed by atoms with Gasteiger partial charge >= 0.3 is 0 Å². The van der Waals surface area contributed by atoms with E-state index in [4.69, 9.17) is 4.42 Å². The van der Waals surface area contributed by atoms with Gasteiger partial charge in [0.15, 0.2) is 0 Å². The maximum Gasteiger partial charge on any atom is 0.135 e. The molecular formula is C49H33NOS. The highest BCUT2D eigenvalue weighted by Crippen LogP contribution is 2.54. The first-order chi connectivity index (χ1) is 25.5. The minimum atomic E-state index is -0.184. The highest BCUT2D eigenvalue weighted by molar-refractivity contribution is 7.27. The lowest BCUT2D eigenvalue weighted by Crippen LogP contribution is -2.20. The van der Waals surface area contributed by atoms with Gasteiger partial charge in [-0.25, -0.2) is 0 Å². The lowest BCUT2D eigenvalue weighted by molar-refractivity contribution is 0.660. The van der Waals surface area contributed by atoms with E-state index in [0.717, 1.165) is 33.3 Å². The standard InChI is InChI=1S/C49H33NOS/c1-49(2)42-21-7-5-16-36(42)38-19-11-22-43(46(38)49)50(33-25-27-45-41(29-33)37-17-6-8-23-44(37)51-45)32-14-9-13-31(28-32)35-18-10-20-39-40-26-24-30-12-3-4-15-34(30)47(40)52-48(35)39/h3-29H,1-2H3. The van der Waals surface area contributed by atoms with Gasteiger partial charge < -0.3 is 9.32 Å². The van der Waals surface area contributed by atoms with Crippen molar-refractivity contribution in [3.63, 3.8) is 0 Å². The van der Waals surface area contributed by atoms with Crippen LogP contribution < -0.4 is 4.90 Å². The number of hydrogen-bond acceptors (Lipinski definition) is 3. The van der Waals surface area contributed by atoms with Gasteiger partial charge in [0.2, 0.25) is 0 Å². The van der Waals surface area contributed by atoms with Crippen molar-refractivity contribution in [1.29, 1.82) is 0 Å². The summed E-state index contributed by atoms with van der Waals surface area (Å²) in [7, 11) is 0. The minimum absolute atomic E-state index is 0.184. The van der Waals surface area contributed by atoms with E-state index in [2.05, 4.69) is 176 Å². The predicted molar refractivity (Wildman–Crippen MR) is 222 cm³/mol. The Bertz CT molecular complexity index is 3070. The quantitative estimate of drug-likeness (QED) is 0.184. The number of para-hydroxylation sites is 1. The molecule has 3 heteroatoms. The van der Waals surface area contributed by atoms with Crippen molar-refractivity contribution in [3.8, 4) is 22.3 Å². The number of anilines is 3. The molecule has 52 heavy (non-hydrogen) atoms. The van der Waals surface area contributed by atoms with Crippen molar-refractivity contribution in [2.75, 3.05) is 4.90 Å². The minimum Gasteiger partial charge on any atom is -0.456 e. The Morgan fingerprint density at radius 2 is 1.17 bits per heavy atom. The number of hydrogen-bond donors (Lipinski definition) is 0. The van der Waals surface area contributed by atoms with Crippen molar-refractivity contribution >= 4 is 81.3 Å². The Labute approximate surface area is 305 Å². The summed E-state index contributed by atoms with van der Waals surface area (Å²) in [6.45, 7) is 4.74. The molecule has 8 aromatic carbocycles. The Morgan fingerprint density at radius 3 is 2.12 bits per heavy atom. The third kappa shape index (κ3) is 4.17. The zero-order valence-corrected chi connectivity index (χ0v) is 29.7. The van der Waals surface area contributed by atoms with Crippen molar-refractivity contribution in [2.45, 2.75) is 19.3 Å². The summed E-state index contributed by atoms with van der Waals surface area (Å²) in [5.41, 5.74) is 12.8. The van der Waals surface area contributed by atoms with E-state index in [1.807, 2.05) is 17.4 Å². The van der Waals surface area contributed by atoms with Gasteiger partial charge in [0.1, 0.15) is 11.2 Å². The third-order valence-corrected chi connectivity index (χ3v) is 12.5. The SMILES string of the molecule is CC1(C)c2ccccc2-c2cccc(N(c3cccc(-c4cccc5c4sc4c6ccccc6ccc54)c3)c3ccc4oc5ccccc5c4c3)c21. The van der Waals surface area contributed by atoms with Crippen molar-refractivity contribution in [1.82, 2.24) is 0 Å². The van der Waals surface area contributed by atoms with Gasteiger partial charge in [-0.3, -0.25) is 0 Å². The highest BCUT2D eigenvalue weighted by Gasteiger charge is 2.38. The Hall–Kier alpha value is -6.16. The molecule has 0 amide bonds. The zero-order chi connectivity index (χ0) is 34.6. The fourth-order valence-electron chi connectivity index (χ4n) is 8.85. The molecule has 0 spiro atoms. The fraction of sp³-hybridized carbons (Fsp3) is 0.0612. The first-order valence-corrected chi connectivity index (χ1v) is 18.7. The summed E-state index contributed by atoms with van der Waals surface area (Å²) in [5.74, 6) is 0. The second-order valence-electron chi connectivity index (χ2n) is 14.5. The van der Waals surface area contributed by atoms with Crippen LogP contribution in [0.3, 0.4) is 0 Å². The largest absolute Gasteiger partial charge is 0.456 e. The molecule has 11 rings (SSSR count). The van der Waals surface area contributed by atoms with Crippen LogP contribution in [0.25, 0.3) is 75.1 Å². The predicted octanol–water partition coefficient (Wildman–Crippen LogP) is 14.6. The molecule has 0 bridgehead atoms. The van der Waals surface area contributed by atoms with Crippen LogP contribution in [0, 0.1) is 0 Å². The lowest BCUT2D eigenvalue weighted by atomic mass is 9.81. The van der Waals surface area contributed by atoms with Crippen LogP contribution in [0.2, 0.25) is 0 Å². The van der Waals surface area contributed by atoms with Gasteiger partial charge in [-0.05, 0) is 86.6 Å². The van der Waals surface area contributed by atoms with Crippen LogP contribution >= 0.6 is 11.3 Å². The number of thiophene rings is 1. The first kappa shape index (κ1) is 29.6. The van der Waals surface area contributed by atoms with Gasteiger partial charge in [0.05, 0.1) is 5.69 Å². The molecule has 0 fully saturated rings. The molecule has 0 atom stereocenters. The van der Waals surface area contributed by atoms with E-state index in [-0.39, 0.29) is 5.41 Å². The third-order valence-electron chi connectivity index (χ3n) is 11.2. The van der Waals surface area contributed by atoms with Crippen LogP contribution in [0.1, 0.15) is 25.0 Å². The number of fused-ring (bicyclic) bond motifs is 11. The van der Waals surface area contributed by atoms with Crippen molar-refractivity contribution in [3.05, 3.63) is 175 Å². The molecule has 2 aromatic heterocycles. The molecule has 246 valence electrons. The normalized spacial score (nSPS) is 13.3. The molecular weight excluding hydrogens is 651 g/mol. The average molecular weight is 684 g/mol. The Balaban J connectivity index is 1.15. The maximum absolute atomic E-state index is 6.30. The van der Waals surface area contributed by atoms with E-state index in [1.165, 1.54) is 70.0 Å². The molecule has 0 aliphatic heterocycles. The fourth-order valence-corrected chi connectivity index (χ4v) is 10.2. The number of nitrogens with zero attached hydrogens (tertiary/aromatic N) is 1. The first-order valence-electron chi connectivity index (χ1n) is 17.9. The van der Waals surface area contributed by atoms with E-state index >= 15 is 0 Å². The van der Waals surface area contributed by atoms with Crippen LogP contribution in [-0.2, 0) is 5.41 Å². The van der Waals surface area contributed by atoms with Gasteiger partial charge in [-0.2, -0.15) is 0 Å². The second kappa shape index (κ2) is 10.9. The van der Waals surface area contributed by atoms with E-state index in [1.54, 1.807) is 0 Å². The number of rotatable bonds is 4. The van der Waals surface area contributed by atoms with Crippen molar-refractivity contribution < 1.29 is 4.42 Å². The highest BCUT2D eigenvalue weighted by atomic mass is 32.1. The molecule has 10 aromatic rings. The van der Waals surface area contributed by atoms with E-state index in [9.17, 15) is 0 Å². The molecule has 0 saturated heterocycles. The van der Waals surface area contributed by atoms with Crippen LogP contribution in [-0.4, -0.2) is 0 Å². The zero-order valence-electron chi connectivity index (χ0n) is 28.9. The second-order valence-corrected chi connectivity index (χ2v) is 15.5. The van der Waals surface area contributed by atoms with E-state index in [0.29, 0.717) is 0 Å². The van der Waals surface area contributed by atoms with Crippen LogP contribution in [0.5, 0.6) is 0 Å². The molecule has 0 N–H and O–H groups in total. The Morgan fingerprint density at radius 1 is 0.481 bits per heavy atom. The average Bonchev–Trinajstić information content (AvgIpc) is 3.83. The molecule has 1 aliphatic rings. The van der Waals surface area contributed by atoms with Gasteiger partial charge in [0.25, 0.3) is 0 Å². The monoisotopic (exact) mass is 683 g/mol. The van der Waals surface area contributed by atoms with Gasteiger partial charge in [-0.1, -0.05) is 135 Å². The van der Waals surface area contributed by atoms with Crippen LogP contribution in [0.4, 0.5) is 17.1 Å². The van der Waals surface area contributed by atoms with Crippen LogP contribution in [0.15, 0.2) is 168 Å². The molecule has 2 heterocycles. The molecule has 0 unspecified atom stereocenters. The van der Waals surface area contributed by atoms with Gasteiger partial charge in [0, 0.05) is 47.7 Å². The Kier molecular flexibility index (Phi) is 6.21. The molecule has 2 nitrogen and oxygen atoms in total. The number of benzene rings is 8. The smallest absolute Gasteiger partial charge is 0.135 e. The lowest BCUT2D eigenvalue weighted by Gasteiger charge is -2.32. The van der Waals surface area contributed by atoms with Gasteiger partial charge in [-0.15, -0.1) is 11.3 Å². The van der Waals surface area contributed by atoms with Crippen molar-refractivity contribution in [2.24, 2.45) is 0 Å². The molecule has 0 radical (unpaired) electrons. The van der Waals surface area contributed by atoms with E-state index < -0.39 is 0 Å². The number of furan rings is 1. The summed E-state index contributed by atoms with van der Waals surface area (Å²) in [6.07, 6.45) is 0. The summed E-state index contributed by atoms with van der Waals surface area (Å²) < 4.78 is 8.97. The summed E-state index contributed by atoms with van der Waals surface area (Å²) in [6, 6.07) is 59.9. The summed E-state index contributed by atoms with van der Waals surface area (Å²) in [5, 5.41) is 7.47. The summed E-state index contributed by atoms with van der Waals surface area (Å²) in [4.78, 5) is 2.47. The molecule has 0 saturated carbocycles.